The van der Waals surface area contributed by atoms with Crippen LogP contribution in [0.25, 0.3) is 0 Å². The average molecular weight is 241 g/mol. The molecule has 1 N–H and O–H groups in total. The van der Waals surface area contributed by atoms with Crippen LogP contribution in [0.3, 0.4) is 0 Å². The number of rotatable bonds is 4. The van der Waals surface area contributed by atoms with Crippen LogP contribution in [0.5, 0.6) is 0 Å². The molecule has 1 aliphatic rings. The summed E-state index contributed by atoms with van der Waals surface area (Å²) in [5.74, 6) is 0. The van der Waals surface area contributed by atoms with E-state index < -0.39 is 0 Å². The van der Waals surface area contributed by atoms with Gasteiger partial charge < -0.3 is 5.32 Å². The Morgan fingerprint density at radius 3 is 2.61 bits per heavy atom. The van der Waals surface area contributed by atoms with Gasteiger partial charge in [0, 0.05) is 30.9 Å². The van der Waals surface area contributed by atoms with Crippen LogP contribution in [-0.4, -0.2) is 15.8 Å². The summed E-state index contributed by atoms with van der Waals surface area (Å²) in [6, 6.07) is 9.32. The highest BCUT2D eigenvalue weighted by Gasteiger charge is 2.20. The molecule has 0 radical (unpaired) electrons. The van der Waals surface area contributed by atoms with E-state index in [-0.39, 0.29) is 0 Å². The Hall–Kier alpha value is -1.61. The summed E-state index contributed by atoms with van der Waals surface area (Å²) < 4.78 is 1.97. The molecule has 94 valence electrons. The summed E-state index contributed by atoms with van der Waals surface area (Å²) in [6.07, 6.45) is 6.38. The third-order valence-electron chi connectivity index (χ3n) is 3.66. The van der Waals surface area contributed by atoms with Crippen LogP contribution in [0.1, 0.15) is 23.6 Å². The number of fused-ring (bicyclic) bond motifs is 1. The molecule has 3 nitrogen and oxygen atoms in total. The first-order valence-electron chi connectivity index (χ1n) is 6.66. The minimum Gasteiger partial charge on any atom is -0.309 e. The van der Waals surface area contributed by atoms with E-state index in [2.05, 4.69) is 47.8 Å². The summed E-state index contributed by atoms with van der Waals surface area (Å²) in [7, 11) is 0. The lowest BCUT2D eigenvalue weighted by atomic mass is 10.1. The van der Waals surface area contributed by atoms with E-state index >= 15 is 0 Å². The van der Waals surface area contributed by atoms with E-state index in [0.717, 1.165) is 25.9 Å². The van der Waals surface area contributed by atoms with Gasteiger partial charge in [-0.2, -0.15) is 5.10 Å². The summed E-state index contributed by atoms with van der Waals surface area (Å²) in [5.41, 5.74) is 4.27. The third kappa shape index (κ3) is 2.31. The third-order valence-corrected chi connectivity index (χ3v) is 3.66. The minimum atomic E-state index is 0.576. The van der Waals surface area contributed by atoms with Gasteiger partial charge in [-0.05, 0) is 30.9 Å². The molecule has 2 aromatic rings. The maximum Gasteiger partial charge on any atom is 0.0534 e. The van der Waals surface area contributed by atoms with Gasteiger partial charge in [-0.25, -0.2) is 0 Å². The van der Waals surface area contributed by atoms with Crippen molar-refractivity contribution >= 4 is 0 Å². The molecular weight excluding hydrogens is 222 g/mol. The van der Waals surface area contributed by atoms with Gasteiger partial charge in [-0.15, -0.1) is 0 Å². The van der Waals surface area contributed by atoms with E-state index in [0.29, 0.717) is 6.04 Å². The molecule has 1 heterocycles. The van der Waals surface area contributed by atoms with Crippen molar-refractivity contribution in [1.82, 2.24) is 15.1 Å². The Balaban J connectivity index is 1.57. The van der Waals surface area contributed by atoms with Crippen molar-refractivity contribution in [3.05, 3.63) is 53.3 Å². The zero-order chi connectivity index (χ0) is 12.4. The molecule has 1 aromatic heterocycles. The van der Waals surface area contributed by atoms with Crippen LogP contribution in [0, 0.1) is 0 Å². The maximum absolute atomic E-state index is 4.30. The largest absolute Gasteiger partial charge is 0.309 e. The fourth-order valence-corrected chi connectivity index (χ4v) is 2.64. The molecule has 0 saturated heterocycles. The molecule has 0 aliphatic heterocycles. The molecule has 0 atom stereocenters. The SMILES string of the molecule is CCn1cc(CNC2Cc3ccccc3C2)cn1. The van der Waals surface area contributed by atoms with E-state index in [9.17, 15) is 0 Å². The van der Waals surface area contributed by atoms with Crippen molar-refractivity contribution in [3.63, 3.8) is 0 Å². The molecule has 0 bridgehead atoms. The second kappa shape index (κ2) is 4.94. The zero-order valence-corrected chi connectivity index (χ0v) is 10.8. The summed E-state index contributed by atoms with van der Waals surface area (Å²) in [5, 5.41) is 7.92. The molecule has 0 saturated carbocycles. The Kier molecular flexibility index (Phi) is 3.15. The van der Waals surface area contributed by atoms with E-state index in [1.807, 2.05) is 10.9 Å². The molecule has 0 amide bonds. The molecule has 3 heteroatoms. The zero-order valence-electron chi connectivity index (χ0n) is 10.8. The van der Waals surface area contributed by atoms with Gasteiger partial charge in [0.15, 0.2) is 0 Å². The number of hydrogen-bond acceptors (Lipinski definition) is 2. The number of aryl methyl sites for hydroxylation is 1. The number of aromatic nitrogens is 2. The summed E-state index contributed by atoms with van der Waals surface area (Å²) in [6.45, 7) is 3.96. The van der Waals surface area contributed by atoms with Gasteiger partial charge in [0.25, 0.3) is 0 Å². The van der Waals surface area contributed by atoms with Crippen molar-refractivity contribution < 1.29 is 0 Å². The van der Waals surface area contributed by atoms with Crippen LogP contribution < -0.4 is 5.32 Å². The van der Waals surface area contributed by atoms with Gasteiger partial charge in [0.05, 0.1) is 6.20 Å². The highest BCUT2D eigenvalue weighted by atomic mass is 15.3. The Morgan fingerprint density at radius 1 is 1.28 bits per heavy atom. The van der Waals surface area contributed by atoms with Gasteiger partial charge in [-0.3, -0.25) is 4.68 Å². The Labute approximate surface area is 108 Å². The molecular formula is C15H19N3. The predicted molar refractivity (Wildman–Crippen MR) is 72.4 cm³/mol. The van der Waals surface area contributed by atoms with E-state index in [4.69, 9.17) is 0 Å². The molecule has 0 spiro atoms. The van der Waals surface area contributed by atoms with Crippen LogP contribution in [0.15, 0.2) is 36.7 Å². The number of nitrogens with zero attached hydrogens (tertiary/aromatic N) is 2. The smallest absolute Gasteiger partial charge is 0.0534 e. The normalized spacial score (nSPS) is 14.9. The standard InChI is InChI=1S/C15H19N3/c1-2-18-11-12(10-17-18)9-16-15-7-13-5-3-4-6-14(13)8-15/h3-6,10-11,15-16H,2,7-9H2,1H3. The lowest BCUT2D eigenvalue weighted by Gasteiger charge is -2.10. The van der Waals surface area contributed by atoms with Gasteiger partial charge in [0.2, 0.25) is 0 Å². The number of benzene rings is 1. The van der Waals surface area contributed by atoms with Crippen LogP contribution >= 0.6 is 0 Å². The highest BCUT2D eigenvalue weighted by Crippen LogP contribution is 2.21. The lowest BCUT2D eigenvalue weighted by molar-refractivity contribution is 0.532. The number of hydrogen-bond donors (Lipinski definition) is 1. The topological polar surface area (TPSA) is 29.9 Å². The monoisotopic (exact) mass is 241 g/mol. The van der Waals surface area contributed by atoms with Gasteiger partial charge >= 0.3 is 0 Å². The molecule has 3 rings (SSSR count). The van der Waals surface area contributed by atoms with E-state index in [1.54, 1.807) is 0 Å². The molecule has 1 aliphatic carbocycles. The fourth-order valence-electron chi connectivity index (χ4n) is 2.64. The molecule has 18 heavy (non-hydrogen) atoms. The van der Waals surface area contributed by atoms with Crippen LogP contribution in [-0.2, 0) is 25.9 Å². The minimum absolute atomic E-state index is 0.576. The predicted octanol–water partition coefficient (Wildman–Crippen LogP) is 2.16. The van der Waals surface area contributed by atoms with Crippen molar-refractivity contribution in [3.8, 4) is 0 Å². The fraction of sp³-hybridized carbons (Fsp3) is 0.400. The van der Waals surface area contributed by atoms with E-state index in [1.165, 1.54) is 16.7 Å². The quantitative estimate of drug-likeness (QED) is 0.889. The summed E-state index contributed by atoms with van der Waals surface area (Å²) >= 11 is 0. The van der Waals surface area contributed by atoms with Crippen molar-refractivity contribution in [2.24, 2.45) is 0 Å². The first kappa shape index (κ1) is 11.5. The van der Waals surface area contributed by atoms with Crippen LogP contribution in [0.4, 0.5) is 0 Å². The molecule has 1 aromatic carbocycles. The second-order valence-corrected chi connectivity index (χ2v) is 4.96. The van der Waals surface area contributed by atoms with Crippen molar-refractivity contribution in [2.75, 3.05) is 0 Å². The molecule has 0 fully saturated rings. The van der Waals surface area contributed by atoms with Crippen molar-refractivity contribution in [2.45, 2.75) is 38.9 Å². The maximum atomic E-state index is 4.30. The Morgan fingerprint density at radius 2 is 2.00 bits per heavy atom. The van der Waals surface area contributed by atoms with Gasteiger partial charge in [-0.1, -0.05) is 24.3 Å². The van der Waals surface area contributed by atoms with Crippen molar-refractivity contribution in [1.29, 1.82) is 0 Å². The first-order valence-corrected chi connectivity index (χ1v) is 6.66. The molecule has 0 unspecified atom stereocenters. The Bertz CT molecular complexity index is 505. The van der Waals surface area contributed by atoms with Gasteiger partial charge in [0.1, 0.15) is 0 Å². The average Bonchev–Trinajstić information content (AvgIpc) is 3.02. The number of nitrogens with one attached hydrogen (secondary N) is 1. The summed E-state index contributed by atoms with van der Waals surface area (Å²) in [4.78, 5) is 0. The van der Waals surface area contributed by atoms with Crippen LogP contribution in [0.2, 0.25) is 0 Å². The lowest BCUT2D eigenvalue weighted by Crippen LogP contribution is -2.28. The first-order chi connectivity index (χ1) is 8.85. The second-order valence-electron chi connectivity index (χ2n) is 4.96. The highest BCUT2D eigenvalue weighted by molar-refractivity contribution is 5.33.